The Bertz CT molecular complexity index is 547. The number of hydrogen-bond acceptors (Lipinski definition) is 4. The van der Waals surface area contributed by atoms with Crippen LogP contribution >= 0.6 is 0 Å². The maximum atomic E-state index is 12.5. The van der Waals surface area contributed by atoms with Gasteiger partial charge < -0.3 is 10.0 Å². The molecule has 5 heteroatoms. The van der Waals surface area contributed by atoms with Crippen molar-refractivity contribution in [1.29, 1.82) is 0 Å². The van der Waals surface area contributed by atoms with E-state index in [4.69, 9.17) is 0 Å². The minimum Gasteiger partial charge on any atom is -0.388 e. The zero-order valence-electron chi connectivity index (χ0n) is 14.3. The fraction of sp³-hybridized carbons (Fsp3) is 0.667. The van der Waals surface area contributed by atoms with Gasteiger partial charge in [-0.3, -0.25) is 14.7 Å². The molecule has 0 saturated carbocycles. The summed E-state index contributed by atoms with van der Waals surface area (Å²) in [6.45, 7) is 9.40. The highest BCUT2D eigenvalue weighted by atomic mass is 16.3. The molecule has 1 atom stereocenters. The molecule has 23 heavy (non-hydrogen) atoms. The minimum absolute atomic E-state index is 0.0744. The van der Waals surface area contributed by atoms with Crippen molar-refractivity contribution in [2.24, 2.45) is 5.41 Å². The monoisotopic (exact) mass is 317 g/mol. The zero-order valence-corrected chi connectivity index (χ0v) is 14.3. The van der Waals surface area contributed by atoms with Crippen LogP contribution in [0.5, 0.6) is 0 Å². The molecule has 126 valence electrons. The third-order valence-corrected chi connectivity index (χ3v) is 5.74. The van der Waals surface area contributed by atoms with Gasteiger partial charge in [-0.15, -0.1) is 0 Å². The molecule has 0 unspecified atom stereocenters. The Morgan fingerprint density at radius 1 is 1.26 bits per heavy atom. The average Bonchev–Trinajstić information content (AvgIpc) is 2.76. The molecule has 2 aliphatic rings. The molecule has 1 aromatic heterocycles. The van der Waals surface area contributed by atoms with E-state index in [1.807, 2.05) is 17.9 Å². The summed E-state index contributed by atoms with van der Waals surface area (Å²) in [5, 5.41) is 10.6. The summed E-state index contributed by atoms with van der Waals surface area (Å²) in [6, 6.07) is 4.08. The number of β-amino-alcohol motifs (C(OH)–C–C–N with tert-alkyl or cyclic N) is 1. The van der Waals surface area contributed by atoms with E-state index >= 15 is 0 Å². The fourth-order valence-electron chi connectivity index (χ4n) is 3.71. The highest BCUT2D eigenvalue weighted by Crippen LogP contribution is 2.40. The van der Waals surface area contributed by atoms with Gasteiger partial charge in [0, 0.05) is 50.0 Å². The molecule has 1 amide bonds. The van der Waals surface area contributed by atoms with Crippen molar-refractivity contribution in [3.63, 3.8) is 0 Å². The normalized spacial score (nSPS) is 29.0. The Hall–Kier alpha value is -1.46. The molecule has 0 aromatic carbocycles. The van der Waals surface area contributed by atoms with E-state index in [1.54, 1.807) is 18.5 Å². The smallest absolute Gasteiger partial charge is 0.255 e. The quantitative estimate of drug-likeness (QED) is 0.903. The lowest BCUT2D eigenvalue weighted by Crippen LogP contribution is -2.47. The van der Waals surface area contributed by atoms with Crippen LogP contribution in [0.1, 0.15) is 44.0 Å². The van der Waals surface area contributed by atoms with E-state index in [0.717, 1.165) is 39.0 Å². The van der Waals surface area contributed by atoms with Gasteiger partial charge in [-0.2, -0.15) is 0 Å². The first kappa shape index (κ1) is 16.4. The van der Waals surface area contributed by atoms with Gasteiger partial charge in [-0.05, 0) is 31.9 Å². The number of aliphatic hydroxyl groups is 1. The van der Waals surface area contributed by atoms with Crippen molar-refractivity contribution < 1.29 is 9.90 Å². The summed E-state index contributed by atoms with van der Waals surface area (Å²) in [5.41, 5.74) is -0.0677. The van der Waals surface area contributed by atoms with Gasteiger partial charge in [0.15, 0.2) is 0 Å². The van der Waals surface area contributed by atoms with E-state index in [9.17, 15) is 9.90 Å². The Morgan fingerprint density at radius 2 is 1.96 bits per heavy atom. The van der Waals surface area contributed by atoms with Crippen molar-refractivity contribution in [2.45, 2.75) is 45.3 Å². The average molecular weight is 317 g/mol. The van der Waals surface area contributed by atoms with E-state index in [1.165, 1.54) is 0 Å². The number of piperidine rings is 1. The second-order valence-electron chi connectivity index (χ2n) is 7.83. The summed E-state index contributed by atoms with van der Waals surface area (Å²) >= 11 is 0. The number of aromatic nitrogens is 1. The van der Waals surface area contributed by atoms with Crippen LogP contribution in [-0.2, 0) is 0 Å². The predicted octanol–water partition coefficient (Wildman–Crippen LogP) is 1.78. The lowest BCUT2D eigenvalue weighted by Gasteiger charge is -2.37. The third-order valence-electron chi connectivity index (χ3n) is 5.74. The van der Waals surface area contributed by atoms with E-state index < -0.39 is 5.60 Å². The number of likely N-dealkylation sites (tertiary alicyclic amines) is 2. The Kier molecular flexibility index (Phi) is 4.19. The maximum absolute atomic E-state index is 12.5. The van der Waals surface area contributed by atoms with Gasteiger partial charge in [0.1, 0.15) is 0 Å². The lowest BCUT2D eigenvalue weighted by atomic mass is 9.79. The molecule has 2 aliphatic heterocycles. The Balaban J connectivity index is 1.58. The van der Waals surface area contributed by atoms with Crippen molar-refractivity contribution in [1.82, 2.24) is 14.8 Å². The number of hydrogen-bond donors (Lipinski definition) is 1. The summed E-state index contributed by atoms with van der Waals surface area (Å²) in [4.78, 5) is 20.8. The number of carbonyl (C=O) groups excluding carboxylic acids is 1. The number of amides is 1. The molecule has 0 radical (unpaired) electrons. The van der Waals surface area contributed by atoms with Crippen LogP contribution in [-0.4, -0.2) is 63.6 Å². The number of pyridine rings is 1. The summed E-state index contributed by atoms with van der Waals surface area (Å²) in [5.74, 6) is 0.0744. The molecule has 0 spiro atoms. The molecule has 0 bridgehead atoms. The van der Waals surface area contributed by atoms with Crippen molar-refractivity contribution >= 4 is 5.91 Å². The van der Waals surface area contributed by atoms with Gasteiger partial charge >= 0.3 is 0 Å². The van der Waals surface area contributed by atoms with Gasteiger partial charge in [-0.1, -0.05) is 13.8 Å². The highest BCUT2D eigenvalue weighted by Gasteiger charge is 2.49. The van der Waals surface area contributed by atoms with Crippen LogP contribution in [0.4, 0.5) is 0 Å². The Labute approximate surface area is 138 Å². The van der Waals surface area contributed by atoms with Crippen molar-refractivity contribution in [3.05, 3.63) is 30.1 Å². The summed E-state index contributed by atoms with van der Waals surface area (Å²) < 4.78 is 0. The zero-order chi connectivity index (χ0) is 16.7. The van der Waals surface area contributed by atoms with E-state index in [2.05, 4.69) is 23.7 Å². The first-order chi connectivity index (χ1) is 10.8. The lowest BCUT2D eigenvalue weighted by molar-refractivity contribution is -0.0123. The molecule has 3 heterocycles. The first-order valence-corrected chi connectivity index (χ1v) is 8.46. The number of nitrogens with zero attached hydrogens (tertiary/aromatic N) is 3. The first-order valence-electron chi connectivity index (χ1n) is 8.46. The molecule has 3 rings (SSSR count). The van der Waals surface area contributed by atoms with Gasteiger partial charge in [0.2, 0.25) is 0 Å². The van der Waals surface area contributed by atoms with Crippen LogP contribution in [0.25, 0.3) is 0 Å². The van der Waals surface area contributed by atoms with Crippen LogP contribution in [0, 0.1) is 5.41 Å². The second kappa shape index (κ2) is 5.87. The number of rotatable bonds is 2. The van der Waals surface area contributed by atoms with Crippen LogP contribution in [0.15, 0.2) is 24.5 Å². The van der Waals surface area contributed by atoms with E-state index in [0.29, 0.717) is 11.6 Å². The molecule has 0 aliphatic carbocycles. The third kappa shape index (κ3) is 3.12. The molecular weight excluding hydrogens is 290 g/mol. The summed E-state index contributed by atoms with van der Waals surface area (Å²) in [7, 11) is 0. The van der Waals surface area contributed by atoms with Crippen molar-refractivity contribution in [3.8, 4) is 0 Å². The number of carbonyl (C=O) groups is 1. The van der Waals surface area contributed by atoms with Crippen molar-refractivity contribution in [2.75, 3.05) is 26.2 Å². The van der Waals surface area contributed by atoms with Gasteiger partial charge in [0.05, 0.1) is 11.2 Å². The second-order valence-corrected chi connectivity index (χ2v) is 7.83. The molecule has 5 nitrogen and oxygen atoms in total. The van der Waals surface area contributed by atoms with E-state index in [-0.39, 0.29) is 11.3 Å². The topological polar surface area (TPSA) is 56.7 Å². The molecule has 2 saturated heterocycles. The highest BCUT2D eigenvalue weighted by molar-refractivity contribution is 5.93. The van der Waals surface area contributed by atoms with Crippen LogP contribution < -0.4 is 0 Å². The predicted molar refractivity (Wildman–Crippen MR) is 89.1 cm³/mol. The maximum Gasteiger partial charge on any atom is 0.255 e. The molecule has 1 aromatic rings. The van der Waals surface area contributed by atoms with Crippen LogP contribution in [0.3, 0.4) is 0 Å². The SMILES string of the molecule is CC1(C)CN(C2CCN(C(=O)c3cccnc3)CC2)C[C@]1(C)O. The van der Waals surface area contributed by atoms with Gasteiger partial charge in [-0.25, -0.2) is 0 Å². The molecule has 2 fully saturated rings. The van der Waals surface area contributed by atoms with Gasteiger partial charge in [0.25, 0.3) is 5.91 Å². The fourth-order valence-corrected chi connectivity index (χ4v) is 3.71. The molecular formula is C18H27N3O2. The summed E-state index contributed by atoms with van der Waals surface area (Å²) in [6.07, 6.45) is 5.26. The standard InChI is InChI=1S/C18H27N3O2/c1-17(2)12-21(13-18(17,3)23)15-6-9-20(10-7-15)16(22)14-5-4-8-19-11-14/h4-5,8,11,15,23H,6-7,9-10,12-13H2,1-3H3/t18-/m0/s1. The van der Waals surface area contributed by atoms with Crippen LogP contribution in [0.2, 0.25) is 0 Å². The largest absolute Gasteiger partial charge is 0.388 e. The minimum atomic E-state index is -0.643. The Morgan fingerprint density at radius 3 is 2.48 bits per heavy atom. The molecule has 1 N–H and O–H groups in total.